The number of hydrogen-bond donors (Lipinski definition) is 1. The third-order valence-corrected chi connectivity index (χ3v) is 5.32. The van der Waals surface area contributed by atoms with Crippen LogP contribution in [-0.2, 0) is 4.79 Å². The molecule has 0 aliphatic carbocycles. The summed E-state index contributed by atoms with van der Waals surface area (Å²) < 4.78 is 0. The Hall–Kier alpha value is -0.610. The first-order chi connectivity index (χ1) is 8.98. The lowest BCUT2D eigenvalue weighted by Crippen LogP contribution is -2.48. The zero-order valence-corrected chi connectivity index (χ0v) is 12.6. The maximum absolute atomic E-state index is 11.6. The van der Waals surface area contributed by atoms with Gasteiger partial charge in [0.1, 0.15) is 0 Å². The van der Waals surface area contributed by atoms with Crippen LogP contribution in [0.25, 0.3) is 0 Å². The zero-order chi connectivity index (χ0) is 14.0. The first kappa shape index (κ1) is 14.8. The predicted octanol–water partition coefficient (Wildman–Crippen LogP) is 2.05. The summed E-state index contributed by atoms with van der Waals surface area (Å²) in [6, 6.07) is 1.29. The monoisotopic (exact) mass is 268 g/mol. The molecule has 2 aliphatic rings. The maximum Gasteiger partial charge on any atom is 0.309 e. The molecule has 19 heavy (non-hydrogen) atoms. The van der Waals surface area contributed by atoms with Crippen molar-refractivity contribution in [2.75, 3.05) is 26.7 Å². The van der Waals surface area contributed by atoms with E-state index >= 15 is 0 Å². The van der Waals surface area contributed by atoms with Crippen molar-refractivity contribution in [3.63, 3.8) is 0 Å². The van der Waals surface area contributed by atoms with Crippen molar-refractivity contribution in [2.45, 2.75) is 58.0 Å². The number of carboxylic acids is 1. The van der Waals surface area contributed by atoms with Gasteiger partial charge in [-0.15, -0.1) is 0 Å². The van der Waals surface area contributed by atoms with Gasteiger partial charge in [-0.2, -0.15) is 0 Å². The second-order valence-electron chi connectivity index (χ2n) is 6.55. The molecular formula is C15H28N2O2. The molecule has 2 fully saturated rings. The summed E-state index contributed by atoms with van der Waals surface area (Å²) >= 11 is 0. The minimum atomic E-state index is -0.578. The summed E-state index contributed by atoms with van der Waals surface area (Å²) in [5.74, 6) is -0.578. The summed E-state index contributed by atoms with van der Waals surface area (Å²) in [5.41, 5.74) is -0.443. The SMILES string of the molecule is CCCC1(C(=O)O)CCN(C2CC(C)N(C)C2)CC1. The molecule has 1 N–H and O–H groups in total. The lowest BCUT2D eigenvalue weighted by molar-refractivity contribution is -0.153. The average Bonchev–Trinajstić information content (AvgIpc) is 2.70. The summed E-state index contributed by atoms with van der Waals surface area (Å²) in [6.07, 6.45) is 4.67. The van der Waals surface area contributed by atoms with Gasteiger partial charge >= 0.3 is 5.97 Å². The minimum absolute atomic E-state index is 0.443. The number of carbonyl (C=O) groups is 1. The van der Waals surface area contributed by atoms with Crippen LogP contribution in [0.2, 0.25) is 0 Å². The summed E-state index contributed by atoms with van der Waals surface area (Å²) in [6.45, 7) is 7.41. The van der Waals surface area contributed by atoms with Crippen molar-refractivity contribution in [3.05, 3.63) is 0 Å². The van der Waals surface area contributed by atoms with E-state index in [4.69, 9.17) is 0 Å². The van der Waals surface area contributed by atoms with Crippen LogP contribution < -0.4 is 0 Å². The second kappa shape index (κ2) is 5.80. The zero-order valence-electron chi connectivity index (χ0n) is 12.6. The molecular weight excluding hydrogens is 240 g/mol. The van der Waals surface area contributed by atoms with Crippen LogP contribution in [0, 0.1) is 5.41 Å². The topological polar surface area (TPSA) is 43.8 Å². The van der Waals surface area contributed by atoms with Crippen LogP contribution in [0.15, 0.2) is 0 Å². The molecule has 0 radical (unpaired) electrons. The number of hydrogen-bond acceptors (Lipinski definition) is 3. The van der Waals surface area contributed by atoms with Crippen molar-refractivity contribution in [3.8, 4) is 0 Å². The van der Waals surface area contributed by atoms with E-state index in [0.29, 0.717) is 12.1 Å². The van der Waals surface area contributed by atoms with E-state index in [1.165, 1.54) is 6.42 Å². The van der Waals surface area contributed by atoms with Crippen LogP contribution >= 0.6 is 0 Å². The average molecular weight is 268 g/mol. The van der Waals surface area contributed by atoms with E-state index in [0.717, 1.165) is 45.3 Å². The molecule has 0 aromatic carbocycles. The Morgan fingerprint density at radius 1 is 1.37 bits per heavy atom. The second-order valence-corrected chi connectivity index (χ2v) is 6.55. The molecule has 4 nitrogen and oxygen atoms in total. The molecule has 0 aromatic rings. The number of nitrogens with zero attached hydrogens (tertiary/aromatic N) is 2. The van der Waals surface area contributed by atoms with Gasteiger partial charge < -0.3 is 10.0 Å². The normalized spacial score (nSPS) is 32.6. The van der Waals surface area contributed by atoms with Gasteiger partial charge in [0.15, 0.2) is 0 Å². The highest BCUT2D eigenvalue weighted by molar-refractivity contribution is 5.74. The van der Waals surface area contributed by atoms with Crippen LogP contribution in [0.1, 0.15) is 46.0 Å². The Morgan fingerprint density at radius 3 is 2.42 bits per heavy atom. The Labute approximate surface area is 116 Å². The van der Waals surface area contributed by atoms with Gasteiger partial charge in [-0.3, -0.25) is 9.69 Å². The smallest absolute Gasteiger partial charge is 0.309 e. The molecule has 0 amide bonds. The molecule has 0 spiro atoms. The Balaban J connectivity index is 1.93. The predicted molar refractivity (Wildman–Crippen MR) is 76.3 cm³/mol. The Morgan fingerprint density at radius 2 is 2.00 bits per heavy atom. The molecule has 0 aromatic heterocycles. The molecule has 2 rings (SSSR count). The number of likely N-dealkylation sites (tertiary alicyclic amines) is 2. The van der Waals surface area contributed by atoms with Gasteiger partial charge in [-0.1, -0.05) is 13.3 Å². The fourth-order valence-corrected chi connectivity index (χ4v) is 3.79. The van der Waals surface area contributed by atoms with E-state index in [1.54, 1.807) is 0 Å². The third-order valence-electron chi connectivity index (χ3n) is 5.32. The highest BCUT2D eigenvalue weighted by atomic mass is 16.4. The highest BCUT2D eigenvalue weighted by Gasteiger charge is 2.42. The van der Waals surface area contributed by atoms with Gasteiger partial charge in [0.05, 0.1) is 5.41 Å². The van der Waals surface area contributed by atoms with Crippen molar-refractivity contribution in [1.82, 2.24) is 9.80 Å². The van der Waals surface area contributed by atoms with Crippen molar-refractivity contribution < 1.29 is 9.90 Å². The summed E-state index contributed by atoms with van der Waals surface area (Å²) in [5, 5.41) is 9.53. The molecule has 2 heterocycles. The standard InChI is InChI=1S/C15H28N2O2/c1-4-5-15(14(18)19)6-8-17(9-7-15)13-10-12(2)16(3)11-13/h12-13H,4-11H2,1-3H3,(H,18,19). The van der Waals surface area contributed by atoms with Crippen molar-refractivity contribution in [2.24, 2.45) is 5.41 Å². The van der Waals surface area contributed by atoms with Crippen LogP contribution in [0.4, 0.5) is 0 Å². The van der Waals surface area contributed by atoms with E-state index < -0.39 is 11.4 Å². The largest absolute Gasteiger partial charge is 0.481 e. The fraction of sp³-hybridized carbons (Fsp3) is 0.933. The Bertz CT molecular complexity index is 314. The molecule has 0 bridgehead atoms. The first-order valence-corrected chi connectivity index (χ1v) is 7.66. The van der Waals surface area contributed by atoms with Crippen molar-refractivity contribution in [1.29, 1.82) is 0 Å². The van der Waals surface area contributed by atoms with E-state index in [-0.39, 0.29) is 0 Å². The molecule has 2 unspecified atom stereocenters. The number of rotatable bonds is 4. The van der Waals surface area contributed by atoms with Gasteiger partial charge in [-0.05, 0) is 52.7 Å². The first-order valence-electron chi connectivity index (χ1n) is 7.66. The molecule has 2 atom stereocenters. The lowest BCUT2D eigenvalue weighted by Gasteiger charge is -2.41. The van der Waals surface area contributed by atoms with Gasteiger partial charge in [0.2, 0.25) is 0 Å². The molecule has 4 heteroatoms. The molecule has 0 saturated carbocycles. The number of piperidine rings is 1. The molecule has 2 aliphatic heterocycles. The third kappa shape index (κ3) is 2.95. The summed E-state index contributed by atoms with van der Waals surface area (Å²) in [7, 11) is 2.19. The number of carboxylic acid groups (broad SMARTS) is 1. The lowest BCUT2D eigenvalue weighted by atomic mass is 9.74. The number of likely N-dealkylation sites (N-methyl/N-ethyl adjacent to an activating group) is 1. The number of aliphatic carboxylic acids is 1. The minimum Gasteiger partial charge on any atom is -0.481 e. The van der Waals surface area contributed by atoms with Crippen LogP contribution in [0.3, 0.4) is 0 Å². The Kier molecular flexibility index (Phi) is 4.51. The van der Waals surface area contributed by atoms with E-state index in [2.05, 4.69) is 30.7 Å². The highest BCUT2D eigenvalue weighted by Crippen LogP contribution is 2.38. The van der Waals surface area contributed by atoms with Crippen LogP contribution in [-0.4, -0.2) is 59.6 Å². The van der Waals surface area contributed by atoms with E-state index in [9.17, 15) is 9.90 Å². The van der Waals surface area contributed by atoms with Gasteiger partial charge in [0.25, 0.3) is 0 Å². The molecule has 2 saturated heterocycles. The van der Waals surface area contributed by atoms with Crippen LogP contribution in [0.5, 0.6) is 0 Å². The molecule has 110 valence electrons. The fourth-order valence-electron chi connectivity index (χ4n) is 3.79. The van der Waals surface area contributed by atoms with E-state index in [1.807, 2.05) is 0 Å². The summed E-state index contributed by atoms with van der Waals surface area (Å²) in [4.78, 5) is 16.5. The van der Waals surface area contributed by atoms with Crippen molar-refractivity contribution >= 4 is 5.97 Å². The quantitative estimate of drug-likeness (QED) is 0.847. The van der Waals surface area contributed by atoms with Gasteiger partial charge in [-0.25, -0.2) is 0 Å². The maximum atomic E-state index is 11.6. The van der Waals surface area contributed by atoms with Gasteiger partial charge in [0, 0.05) is 18.6 Å².